The Kier molecular flexibility index (Phi) is 29.4. The molecule has 0 aromatic carbocycles. The molecule has 0 rings (SSSR count). The topological polar surface area (TPSA) is 52.6 Å². The molecule has 4 heteroatoms. The van der Waals surface area contributed by atoms with Gasteiger partial charge in [-0.15, -0.1) is 13.2 Å². The van der Waals surface area contributed by atoms with Crippen LogP contribution in [0, 0.1) is 0 Å². The molecule has 0 spiro atoms. The number of carbonyl (C=O) groups excluding carboxylic acids is 2. The number of esters is 2. The van der Waals surface area contributed by atoms with Crippen LogP contribution in [0.5, 0.6) is 0 Å². The minimum Gasteiger partial charge on any atom is -0.435 e. The predicted molar refractivity (Wildman–Crippen MR) is 101 cm³/mol. The fraction of sp³-hybridized carbons (Fsp3) is 0.600. The van der Waals surface area contributed by atoms with Crippen LogP contribution >= 0.6 is 0 Å². The van der Waals surface area contributed by atoms with Crippen molar-refractivity contribution in [1.29, 1.82) is 0 Å². The van der Waals surface area contributed by atoms with Crippen LogP contribution in [0.2, 0.25) is 0 Å². The van der Waals surface area contributed by atoms with Gasteiger partial charge in [-0.3, -0.25) is 9.59 Å². The monoisotopic (exact) mass is 340 g/mol. The third-order valence-corrected chi connectivity index (χ3v) is 2.95. The summed E-state index contributed by atoms with van der Waals surface area (Å²) >= 11 is 0. The number of hydrogen-bond acceptors (Lipinski definition) is 4. The number of ether oxygens (including phenoxy) is 2. The third kappa shape index (κ3) is 32.2. The van der Waals surface area contributed by atoms with Crippen molar-refractivity contribution < 1.29 is 19.1 Å². The van der Waals surface area contributed by atoms with E-state index in [0.29, 0.717) is 6.42 Å². The van der Waals surface area contributed by atoms with Gasteiger partial charge in [-0.1, -0.05) is 71.4 Å². The van der Waals surface area contributed by atoms with Crippen molar-refractivity contribution >= 4 is 11.9 Å². The molecule has 0 aromatic rings. The van der Waals surface area contributed by atoms with Crippen LogP contribution in [0.15, 0.2) is 38.8 Å². The van der Waals surface area contributed by atoms with Crippen LogP contribution in [0.3, 0.4) is 0 Å². The van der Waals surface area contributed by atoms with E-state index in [-0.39, 0.29) is 11.9 Å². The highest BCUT2D eigenvalue weighted by Gasteiger charge is 1.99. The van der Waals surface area contributed by atoms with Crippen LogP contribution in [-0.2, 0) is 19.1 Å². The summed E-state index contributed by atoms with van der Waals surface area (Å²) in [5.41, 5.74) is 0. The number of carbonyl (C=O) groups is 2. The summed E-state index contributed by atoms with van der Waals surface area (Å²) in [6.07, 6.45) is 14.2. The van der Waals surface area contributed by atoms with Gasteiger partial charge in [0.1, 0.15) is 0 Å². The highest BCUT2D eigenvalue weighted by molar-refractivity contribution is 5.69. The SMILES string of the molecule is C=C.C=COC(=O)CCCCCCCCCCC.C=COC(C)=O. The van der Waals surface area contributed by atoms with Crippen molar-refractivity contribution in [3.63, 3.8) is 0 Å². The second-order valence-electron chi connectivity index (χ2n) is 5.01. The Bertz CT molecular complexity index is 311. The van der Waals surface area contributed by atoms with E-state index in [0.717, 1.165) is 19.1 Å². The van der Waals surface area contributed by atoms with Gasteiger partial charge in [-0.2, -0.15) is 0 Å². The van der Waals surface area contributed by atoms with Crippen molar-refractivity contribution in [2.45, 2.75) is 78.1 Å². The number of unbranched alkanes of at least 4 members (excludes halogenated alkanes) is 8. The standard InChI is InChI=1S/C14H26O2.C4H6O2.C2H4/c1-3-5-6-7-8-9-10-11-12-13-14(15)16-4-2;1-3-6-4(2)5;1-2/h4H,2-3,5-13H2,1H3;3H,1H2,2H3;1-2H2. The molecule has 0 saturated heterocycles. The molecule has 0 aromatic heterocycles. The van der Waals surface area contributed by atoms with E-state index in [4.69, 9.17) is 0 Å². The van der Waals surface area contributed by atoms with E-state index >= 15 is 0 Å². The maximum absolute atomic E-state index is 11.0. The van der Waals surface area contributed by atoms with E-state index in [1.807, 2.05) is 0 Å². The first-order chi connectivity index (χ1) is 11.6. The lowest BCUT2D eigenvalue weighted by molar-refractivity contribution is -0.138. The number of rotatable bonds is 12. The molecule has 0 N–H and O–H groups in total. The van der Waals surface area contributed by atoms with E-state index in [9.17, 15) is 9.59 Å². The molecule has 140 valence electrons. The Morgan fingerprint density at radius 1 is 0.792 bits per heavy atom. The highest BCUT2D eigenvalue weighted by Crippen LogP contribution is 2.10. The lowest BCUT2D eigenvalue weighted by Gasteiger charge is -2.01. The fourth-order valence-electron chi connectivity index (χ4n) is 1.85. The Hall–Kier alpha value is -1.84. The Morgan fingerprint density at radius 2 is 1.21 bits per heavy atom. The van der Waals surface area contributed by atoms with Crippen LogP contribution in [0.4, 0.5) is 0 Å². The quantitative estimate of drug-likeness (QED) is 0.187. The molecule has 0 radical (unpaired) electrons. The fourth-order valence-corrected chi connectivity index (χ4v) is 1.85. The van der Waals surface area contributed by atoms with Gasteiger partial charge in [-0.05, 0) is 6.42 Å². The van der Waals surface area contributed by atoms with Crippen molar-refractivity contribution in [1.82, 2.24) is 0 Å². The first kappa shape index (κ1) is 27.0. The Morgan fingerprint density at radius 3 is 1.54 bits per heavy atom. The largest absolute Gasteiger partial charge is 0.435 e. The second-order valence-corrected chi connectivity index (χ2v) is 5.01. The van der Waals surface area contributed by atoms with Gasteiger partial charge in [0, 0.05) is 13.3 Å². The van der Waals surface area contributed by atoms with Crippen molar-refractivity contribution in [2.24, 2.45) is 0 Å². The van der Waals surface area contributed by atoms with Crippen molar-refractivity contribution in [3.8, 4) is 0 Å². The molecule has 0 heterocycles. The van der Waals surface area contributed by atoms with E-state index in [1.54, 1.807) is 0 Å². The molecular formula is C20H36O4. The minimum absolute atomic E-state index is 0.155. The maximum Gasteiger partial charge on any atom is 0.310 e. The summed E-state index contributed by atoms with van der Waals surface area (Å²) in [4.78, 5) is 20.7. The molecule has 0 aliphatic rings. The molecule has 0 aliphatic carbocycles. The average molecular weight is 341 g/mol. The van der Waals surface area contributed by atoms with Crippen molar-refractivity contribution in [3.05, 3.63) is 38.8 Å². The molecule has 0 saturated carbocycles. The minimum atomic E-state index is -0.329. The Labute approximate surface area is 148 Å². The summed E-state index contributed by atoms with van der Waals surface area (Å²) in [6, 6.07) is 0. The van der Waals surface area contributed by atoms with E-state index < -0.39 is 0 Å². The van der Waals surface area contributed by atoms with Gasteiger partial charge in [0.05, 0.1) is 12.5 Å². The summed E-state index contributed by atoms with van der Waals surface area (Å²) < 4.78 is 8.81. The van der Waals surface area contributed by atoms with Crippen LogP contribution in [0.25, 0.3) is 0 Å². The molecule has 0 fully saturated rings. The molecule has 4 nitrogen and oxygen atoms in total. The van der Waals surface area contributed by atoms with Crippen LogP contribution < -0.4 is 0 Å². The predicted octanol–water partition coefficient (Wildman–Crippen LogP) is 6.09. The smallest absolute Gasteiger partial charge is 0.310 e. The summed E-state index contributed by atoms with van der Waals surface area (Å²) in [5.74, 6) is -0.483. The molecule has 0 amide bonds. The molecule has 24 heavy (non-hydrogen) atoms. The first-order valence-corrected chi connectivity index (χ1v) is 8.67. The third-order valence-electron chi connectivity index (χ3n) is 2.95. The van der Waals surface area contributed by atoms with E-state index in [2.05, 4.69) is 42.7 Å². The molecule has 0 unspecified atom stereocenters. The summed E-state index contributed by atoms with van der Waals surface area (Å²) in [5, 5.41) is 0. The van der Waals surface area contributed by atoms with Crippen molar-refractivity contribution in [2.75, 3.05) is 0 Å². The summed E-state index contributed by atoms with van der Waals surface area (Å²) in [6.45, 7) is 16.1. The van der Waals surface area contributed by atoms with Crippen LogP contribution in [0.1, 0.15) is 78.1 Å². The zero-order valence-electron chi connectivity index (χ0n) is 15.7. The zero-order chi connectivity index (χ0) is 19.1. The average Bonchev–Trinajstić information content (AvgIpc) is 2.56. The van der Waals surface area contributed by atoms with Gasteiger partial charge in [0.25, 0.3) is 0 Å². The molecule has 0 atom stereocenters. The van der Waals surface area contributed by atoms with Gasteiger partial charge < -0.3 is 9.47 Å². The summed E-state index contributed by atoms with van der Waals surface area (Å²) in [7, 11) is 0. The van der Waals surface area contributed by atoms with Gasteiger partial charge >= 0.3 is 11.9 Å². The lowest BCUT2D eigenvalue weighted by Crippen LogP contribution is -1.98. The van der Waals surface area contributed by atoms with Gasteiger partial charge in [0.2, 0.25) is 0 Å². The highest BCUT2D eigenvalue weighted by atomic mass is 16.5. The lowest BCUT2D eigenvalue weighted by atomic mass is 10.1. The normalized spacial score (nSPS) is 8.58. The molecule has 0 bridgehead atoms. The van der Waals surface area contributed by atoms with E-state index in [1.165, 1.54) is 58.1 Å². The first-order valence-electron chi connectivity index (χ1n) is 8.67. The van der Waals surface area contributed by atoms with Gasteiger partial charge in [0.15, 0.2) is 0 Å². The Balaban J connectivity index is -0.000000462. The molecular weight excluding hydrogens is 304 g/mol. The van der Waals surface area contributed by atoms with Gasteiger partial charge in [-0.25, -0.2) is 0 Å². The molecule has 0 aliphatic heterocycles. The second kappa shape index (κ2) is 26.1. The number of hydrogen-bond donors (Lipinski definition) is 0. The van der Waals surface area contributed by atoms with Crippen LogP contribution in [-0.4, -0.2) is 11.9 Å². The maximum atomic E-state index is 11.0. The zero-order valence-corrected chi connectivity index (χ0v) is 15.7.